The number of nitrogens with zero attached hydrogens (tertiary/aromatic N) is 4. The Bertz CT molecular complexity index is 935. The van der Waals surface area contributed by atoms with E-state index in [0.717, 1.165) is 17.0 Å². The summed E-state index contributed by atoms with van der Waals surface area (Å²) < 4.78 is 35.9. The molecule has 0 N–H and O–H groups in total. The van der Waals surface area contributed by atoms with Crippen molar-refractivity contribution in [2.45, 2.75) is 33.4 Å². The van der Waals surface area contributed by atoms with Gasteiger partial charge in [-0.05, 0) is 37.6 Å². The molecular formula is C18H17ClF2N4O2. The fraction of sp³-hybridized carbons (Fsp3) is 0.278. The molecule has 9 heteroatoms. The van der Waals surface area contributed by atoms with Crippen molar-refractivity contribution in [1.29, 1.82) is 0 Å². The molecule has 0 aliphatic carbocycles. The molecule has 2 heterocycles. The van der Waals surface area contributed by atoms with E-state index < -0.39 is 6.61 Å². The van der Waals surface area contributed by atoms with Crippen LogP contribution in [0.1, 0.15) is 28.7 Å². The van der Waals surface area contributed by atoms with Gasteiger partial charge in [0.2, 0.25) is 11.8 Å². The molecule has 3 rings (SSSR count). The van der Waals surface area contributed by atoms with Crippen LogP contribution in [0.4, 0.5) is 8.78 Å². The minimum atomic E-state index is -2.84. The lowest BCUT2D eigenvalue weighted by Gasteiger charge is -2.03. The molecule has 0 aliphatic rings. The predicted octanol–water partition coefficient (Wildman–Crippen LogP) is 4.55. The molecule has 3 aromatic rings. The minimum Gasteiger partial charge on any atom is -0.435 e. The second kappa shape index (κ2) is 8.30. The molecule has 0 unspecified atom stereocenters. The summed E-state index contributed by atoms with van der Waals surface area (Å²) in [6.07, 6.45) is 3.92. The molecule has 0 atom stereocenters. The SMILES string of the molecule is Cc1nn(CCc2nnc(/C=C\c3ccc(OC(F)F)cc3)o2)c(C)c1Cl. The topological polar surface area (TPSA) is 66.0 Å². The van der Waals surface area contributed by atoms with Crippen LogP contribution in [0, 0.1) is 13.8 Å². The van der Waals surface area contributed by atoms with Gasteiger partial charge >= 0.3 is 6.61 Å². The first kappa shape index (κ1) is 19.0. The molecule has 0 bridgehead atoms. The lowest BCUT2D eigenvalue weighted by Crippen LogP contribution is -2.05. The van der Waals surface area contributed by atoms with Crippen LogP contribution in [0.5, 0.6) is 5.75 Å². The molecule has 0 saturated carbocycles. The number of benzene rings is 1. The summed E-state index contributed by atoms with van der Waals surface area (Å²) in [5.74, 6) is 0.940. The van der Waals surface area contributed by atoms with Gasteiger partial charge < -0.3 is 9.15 Å². The highest BCUT2D eigenvalue weighted by Crippen LogP contribution is 2.19. The standard InChI is InChI=1S/C18H17ClF2N4O2/c1-11-17(19)12(2)25(24-11)10-9-16-23-22-15(27-16)8-5-13-3-6-14(7-4-13)26-18(20)21/h3-8,18H,9-10H2,1-2H3/b8-5-. The van der Waals surface area contributed by atoms with Crippen LogP contribution in [0.3, 0.4) is 0 Å². The molecule has 0 spiro atoms. The van der Waals surface area contributed by atoms with E-state index in [9.17, 15) is 8.78 Å². The fourth-order valence-electron chi connectivity index (χ4n) is 2.46. The number of alkyl halides is 2. The van der Waals surface area contributed by atoms with Gasteiger partial charge in [-0.25, -0.2) is 0 Å². The van der Waals surface area contributed by atoms with Crippen LogP contribution in [-0.4, -0.2) is 26.6 Å². The highest BCUT2D eigenvalue weighted by Gasteiger charge is 2.11. The molecule has 1 aromatic carbocycles. The van der Waals surface area contributed by atoms with Crippen molar-refractivity contribution in [2.24, 2.45) is 0 Å². The van der Waals surface area contributed by atoms with Gasteiger partial charge in [0, 0.05) is 19.0 Å². The Morgan fingerprint density at radius 2 is 1.93 bits per heavy atom. The van der Waals surface area contributed by atoms with Crippen LogP contribution in [0.25, 0.3) is 12.2 Å². The molecule has 6 nitrogen and oxygen atoms in total. The first-order valence-corrected chi connectivity index (χ1v) is 8.55. The Morgan fingerprint density at radius 1 is 1.19 bits per heavy atom. The van der Waals surface area contributed by atoms with Crippen molar-refractivity contribution >= 4 is 23.8 Å². The zero-order chi connectivity index (χ0) is 19.4. The lowest BCUT2D eigenvalue weighted by molar-refractivity contribution is -0.0498. The van der Waals surface area contributed by atoms with E-state index in [1.165, 1.54) is 12.1 Å². The maximum Gasteiger partial charge on any atom is 0.387 e. The Balaban J connectivity index is 1.58. The van der Waals surface area contributed by atoms with Gasteiger partial charge in [0.25, 0.3) is 0 Å². The summed E-state index contributed by atoms with van der Waals surface area (Å²) in [7, 11) is 0. The van der Waals surface area contributed by atoms with Crippen molar-refractivity contribution in [2.75, 3.05) is 0 Å². The number of aromatic nitrogens is 4. The zero-order valence-corrected chi connectivity index (χ0v) is 15.5. The number of rotatable bonds is 7. The summed E-state index contributed by atoms with van der Waals surface area (Å²) in [5, 5.41) is 13.0. The molecule has 2 aromatic heterocycles. The second-order valence-electron chi connectivity index (χ2n) is 5.77. The first-order chi connectivity index (χ1) is 12.9. The van der Waals surface area contributed by atoms with Crippen LogP contribution in [-0.2, 0) is 13.0 Å². The van der Waals surface area contributed by atoms with Crippen LogP contribution in [0.2, 0.25) is 5.02 Å². The van der Waals surface area contributed by atoms with Gasteiger partial charge in [0.15, 0.2) is 0 Å². The van der Waals surface area contributed by atoms with E-state index in [1.807, 2.05) is 13.8 Å². The third kappa shape index (κ3) is 4.91. The summed E-state index contributed by atoms with van der Waals surface area (Å²) in [4.78, 5) is 0. The third-order valence-corrected chi connectivity index (χ3v) is 4.38. The number of hydrogen-bond donors (Lipinski definition) is 0. The van der Waals surface area contributed by atoms with Crippen molar-refractivity contribution in [3.8, 4) is 5.75 Å². The predicted molar refractivity (Wildman–Crippen MR) is 96.7 cm³/mol. The minimum absolute atomic E-state index is 0.103. The highest BCUT2D eigenvalue weighted by atomic mass is 35.5. The Kier molecular flexibility index (Phi) is 5.85. The van der Waals surface area contributed by atoms with Crippen LogP contribution >= 0.6 is 11.6 Å². The smallest absolute Gasteiger partial charge is 0.387 e. The van der Waals surface area contributed by atoms with Crippen molar-refractivity contribution in [1.82, 2.24) is 20.0 Å². The van der Waals surface area contributed by atoms with E-state index >= 15 is 0 Å². The van der Waals surface area contributed by atoms with E-state index in [-0.39, 0.29) is 5.75 Å². The largest absolute Gasteiger partial charge is 0.435 e. The summed E-state index contributed by atoms with van der Waals surface area (Å²) in [6.45, 7) is 1.50. The molecule has 0 amide bonds. The maximum absolute atomic E-state index is 12.1. The van der Waals surface area contributed by atoms with Crippen LogP contribution < -0.4 is 4.74 Å². The van der Waals surface area contributed by atoms with Crippen molar-refractivity contribution in [3.05, 3.63) is 58.0 Å². The van der Waals surface area contributed by atoms with E-state index in [1.54, 1.807) is 29.0 Å². The van der Waals surface area contributed by atoms with E-state index in [0.29, 0.717) is 29.8 Å². The number of halogens is 3. The molecule has 0 radical (unpaired) electrons. The number of aryl methyl sites for hydroxylation is 3. The summed E-state index contributed by atoms with van der Waals surface area (Å²) in [6, 6.07) is 6.23. The monoisotopic (exact) mass is 394 g/mol. The van der Waals surface area contributed by atoms with E-state index in [2.05, 4.69) is 20.0 Å². The first-order valence-electron chi connectivity index (χ1n) is 8.17. The van der Waals surface area contributed by atoms with Gasteiger partial charge in [-0.3, -0.25) is 4.68 Å². The molecule has 142 valence electrons. The fourth-order valence-corrected chi connectivity index (χ4v) is 2.59. The summed E-state index contributed by atoms with van der Waals surface area (Å²) in [5.41, 5.74) is 2.47. The molecular weight excluding hydrogens is 378 g/mol. The van der Waals surface area contributed by atoms with Gasteiger partial charge in [-0.2, -0.15) is 13.9 Å². The average Bonchev–Trinajstić information content (AvgIpc) is 3.19. The third-order valence-electron chi connectivity index (χ3n) is 3.84. The Labute approximate surface area is 159 Å². The molecule has 0 aliphatic heterocycles. The van der Waals surface area contributed by atoms with Gasteiger partial charge in [-0.1, -0.05) is 23.7 Å². The summed E-state index contributed by atoms with van der Waals surface area (Å²) >= 11 is 6.13. The van der Waals surface area contributed by atoms with Crippen molar-refractivity contribution < 1.29 is 17.9 Å². The molecule has 0 saturated heterocycles. The van der Waals surface area contributed by atoms with Gasteiger partial charge in [-0.15, -0.1) is 10.2 Å². The quantitative estimate of drug-likeness (QED) is 0.588. The van der Waals surface area contributed by atoms with E-state index in [4.69, 9.17) is 16.0 Å². The zero-order valence-electron chi connectivity index (χ0n) is 14.7. The van der Waals surface area contributed by atoms with Gasteiger partial charge in [0.1, 0.15) is 5.75 Å². The average molecular weight is 395 g/mol. The van der Waals surface area contributed by atoms with Crippen molar-refractivity contribution in [3.63, 3.8) is 0 Å². The lowest BCUT2D eigenvalue weighted by atomic mass is 10.2. The molecule has 27 heavy (non-hydrogen) atoms. The van der Waals surface area contributed by atoms with Gasteiger partial charge in [0.05, 0.1) is 16.4 Å². The highest BCUT2D eigenvalue weighted by molar-refractivity contribution is 6.31. The maximum atomic E-state index is 12.1. The second-order valence-corrected chi connectivity index (χ2v) is 6.15. The Hall–Kier alpha value is -2.74. The number of hydrogen-bond acceptors (Lipinski definition) is 5. The van der Waals surface area contributed by atoms with Crippen LogP contribution in [0.15, 0.2) is 28.7 Å². The normalized spacial score (nSPS) is 11.6. The molecule has 0 fully saturated rings. The Morgan fingerprint density at radius 3 is 2.56 bits per heavy atom. The number of ether oxygens (including phenoxy) is 1.